The molecule has 1 atom stereocenters. The van der Waals surface area contributed by atoms with Crippen LogP contribution < -0.4 is 5.32 Å². The number of nitrogens with zero attached hydrogens (tertiary/aromatic N) is 1. The van der Waals surface area contributed by atoms with Crippen LogP contribution in [0.3, 0.4) is 0 Å². The van der Waals surface area contributed by atoms with Gasteiger partial charge in [0.25, 0.3) is 5.91 Å². The van der Waals surface area contributed by atoms with E-state index in [1.807, 2.05) is 6.26 Å². The van der Waals surface area contributed by atoms with Crippen molar-refractivity contribution in [2.75, 3.05) is 18.6 Å². The maximum atomic E-state index is 11.9. The number of carbonyl (C=O) groups excluding carboxylic acids is 1. The first-order chi connectivity index (χ1) is 8.84. The van der Waals surface area contributed by atoms with Gasteiger partial charge in [-0.1, -0.05) is 13.8 Å². The standard InChI is InChI=1S/C13H23N3O2S/c1-9(2)5-10-6-11(16-15-10)12(17)14-7-13(3,18)8-19-4/h6,9,18H,5,7-8H2,1-4H3,(H,14,17)(H,15,16)/t13-/m1/s1. The van der Waals surface area contributed by atoms with E-state index in [0.717, 1.165) is 12.1 Å². The number of hydrogen-bond acceptors (Lipinski definition) is 4. The molecule has 0 saturated carbocycles. The highest BCUT2D eigenvalue weighted by molar-refractivity contribution is 7.98. The summed E-state index contributed by atoms with van der Waals surface area (Å²) in [6.07, 6.45) is 2.78. The lowest BCUT2D eigenvalue weighted by atomic mass is 10.1. The molecule has 0 aliphatic carbocycles. The van der Waals surface area contributed by atoms with Crippen LogP contribution >= 0.6 is 11.8 Å². The Bertz CT molecular complexity index is 416. The number of aromatic nitrogens is 2. The van der Waals surface area contributed by atoms with Gasteiger partial charge in [0.2, 0.25) is 0 Å². The number of rotatable bonds is 7. The number of aliphatic hydroxyl groups is 1. The molecule has 19 heavy (non-hydrogen) atoms. The van der Waals surface area contributed by atoms with Gasteiger partial charge in [-0.15, -0.1) is 0 Å². The molecular weight excluding hydrogens is 262 g/mol. The Labute approximate surface area is 118 Å². The van der Waals surface area contributed by atoms with E-state index in [9.17, 15) is 9.90 Å². The monoisotopic (exact) mass is 285 g/mol. The minimum atomic E-state index is -0.897. The van der Waals surface area contributed by atoms with Crippen LogP contribution in [0.1, 0.15) is 37.0 Å². The van der Waals surface area contributed by atoms with Crippen molar-refractivity contribution in [3.05, 3.63) is 17.5 Å². The van der Waals surface area contributed by atoms with Crippen LogP contribution in [0.25, 0.3) is 0 Å². The molecule has 0 unspecified atom stereocenters. The van der Waals surface area contributed by atoms with Crippen molar-refractivity contribution in [2.45, 2.75) is 32.8 Å². The van der Waals surface area contributed by atoms with E-state index >= 15 is 0 Å². The number of aromatic amines is 1. The van der Waals surface area contributed by atoms with Gasteiger partial charge < -0.3 is 10.4 Å². The zero-order valence-corrected chi connectivity index (χ0v) is 12.8. The molecule has 1 aromatic heterocycles. The van der Waals surface area contributed by atoms with Crippen molar-refractivity contribution < 1.29 is 9.90 Å². The number of amides is 1. The van der Waals surface area contributed by atoms with E-state index < -0.39 is 5.60 Å². The maximum absolute atomic E-state index is 11.9. The van der Waals surface area contributed by atoms with Crippen molar-refractivity contribution in [2.24, 2.45) is 5.92 Å². The summed E-state index contributed by atoms with van der Waals surface area (Å²) in [5.41, 5.74) is 0.429. The highest BCUT2D eigenvalue weighted by Crippen LogP contribution is 2.10. The first-order valence-electron chi connectivity index (χ1n) is 6.38. The summed E-state index contributed by atoms with van der Waals surface area (Å²) in [7, 11) is 0. The number of H-pyrrole nitrogens is 1. The van der Waals surface area contributed by atoms with Gasteiger partial charge in [0, 0.05) is 18.0 Å². The van der Waals surface area contributed by atoms with Gasteiger partial charge in [0.1, 0.15) is 5.69 Å². The summed E-state index contributed by atoms with van der Waals surface area (Å²) >= 11 is 1.54. The lowest BCUT2D eigenvalue weighted by Crippen LogP contribution is -2.42. The lowest BCUT2D eigenvalue weighted by Gasteiger charge is -2.22. The Morgan fingerprint density at radius 1 is 1.63 bits per heavy atom. The van der Waals surface area contributed by atoms with E-state index in [4.69, 9.17) is 0 Å². The van der Waals surface area contributed by atoms with Gasteiger partial charge in [-0.25, -0.2) is 0 Å². The van der Waals surface area contributed by atoms with Gasteiger partial charge >= 0.3 is 0 Å². The topological polar surface area (TPSA) is 78.0 Å². The number of thioether (sulfide) groups is 1. The Hall–Kier alpha value is -1.01. The predicted molar refractivity (Wildman–Crippen MR) is 78.5 cm³/mol. The van der Waals surface area contributed by atoms with Gasteiger partial charge in [-0.3, -0.25) is 9.89 Å². The fraction of sp³-hybridized carbons (Fsp3) is 0.692. The van der Waals surface area contributed by atoms with Crippen LogP contribution in [-0.4, -0.2) is 45.4 Å². The van der Waals surface area contributed by atoms with Crippen molar-refractivity contribution >= 4 is 17.7 Å². The van der Waals surface area contributed by atoms with Crippen LogP contribution in [0.5, 0.6) is 0 Å². The molecule has 0 bridgehead atoms. The minimum absolute atomic E-state index is 0.221. The smallest absolute Gasteiger partial charge is 0.271 e. The van der Waals surface area contributed by atoms with Crippen LogP contribution in [-0.2, 0) is 6.42 Å². The summed E-state index contributed by atoms with van der Waals surface area (Å²) in [5.74, 6) is 0.832. The second kappa shape index (κ2) is 6.96. The van der Waals surface area contributed by atoms with Crippen LogP contribution in [0.2, 0.25) is 0 Å². The van der Waals surface area contributed by atoms with E-state index in [1.165, 1.54) is 0 Å². The molecule has 1 rings (SSSR count). The van der Waals surface area contributed by atoms with Crippen molar-refractivity contribution in [3.8, 4) is 0 Å². The minimum Gasteiger partial charge on any atom is -0.387 e. The van der Waals surface area contributed by atoms with Crippen LogP contribution in [0.15, 0.2) is 6.07 Å². The molecule has 0 spiro atoms. The molecular formula is C13H23N3O2S. The molecule has 1 heterocycles. The lowest BCUT2D eigenvalue weighted by molar-refractivity contribution is 0.0722. The van der Waals surface area contributed by atoms with E-state index in [-0.39, 0.29) is 12.5 Å². The second-order valence-corrected chi connectivity index (χ2v) is 6.36. The van der Waals surface area contributed by atoms with Crippen molar-refractivity contribution in [1.29, 1.82) is 0 Å². The molecule has 5 nitrogen and oxygen atoms in total. The fourth-order valence-electron chi connectivity index (χ4n) is 1.75. The predicted octanol–water partition coefficient (Wildman–Crippen LogP) is 1.45. The molecule has 0 saturated heterocycles. The molecule has 108 valence electrons. The summed E-state index contributed by atoms with van der Waals surface area (Å²) < 4.78 is 0. The summed E-state index contributed by atoms with van der Waals surface area (Å²) in [4.78, 5) is 11.9. The highest BCUT2D eigenvalue weighted by atomic mass is 32.2. The summed E-state index contributed by atoms with van der Waals surface area (Å²) in [6.45, 7) is 6.15. The molecule has 6 heteroatoms. The fourth-order valence-corrected chi connectivity index (χ4v) is 2.47. The Balaban J connectivity index is 2.52. The zero-order valence-electron chi connectivity index (χ0n) is 12.0. The van der Waals surface area contributed by atoms with Gasteiger partial charge in [-0.2, -0.15) is 16.9 Å². The van der Waals surface area contributed by atoms with Gasteiger partial charge in [0.15, 0.2) is 0 Å². The van der Waals surface area contributed by atoms with Crippen molar-refractivity contribution in [1.82, 2.24) is 15.5 Å². The Morgan fingerprint density at radius 3 is 2.89 bits per heavy atom. The highest BCUT2D eigenvalue weighted by Gasteiger charge is 2.21. The van der Waals surface area contributed by atoms with Crippen molar-refractivity contribution in [3.63, 3.8) is 0 Å². The third-order valence-electron chi connectivity index (χ3n) is 2.58. The quantitative estimate of drug-likeness (QED) is 0.708. The van der Waals surface area contributed by atoms with E-state index in [1.54, 1.807) is 24.8 Å². The van der Waals surface area contributed by atoms with Crippen LogP contribution in [0, 0.1) is 5.92 Å². The molecule has 0 radical (unpaired) electrons. The van der Waals surface area contributed by atoms with Gasteiger partial charge in [-0.05, 0) is 31.6 Å². The van der Waals surface area contributed by atoms with Crippen LogP contribution in [0.4, 0.5) is 0 Å². The van der Waals surface area contributed by atoms with E-state index in [2.05, 4.69) is 29.4 Å². The van der Waals surface area contributed by atoms with Gasteiger partial charge in [0.05, 0.1) is 5.60 Å². The number of carbonyl (C=O) groups is 1. The molecule has 1 amide bonds. The molecule has 0 aromatic carbocycles. The average molecular weight is 285 g/mol. The Kier molecular flexibility index (Phi) is 5.87. The SMILES string of the molecule is CSC[C@](C)(O)CNC(=O)c1cc(CC(C)C)[nH]n1. The number of nitrogens with one attached hydrogen (secondary N) is 2. The third-order valence-corrected chi connectivity index (χ3v) is 3.49. The maximum Gasteiger partial charge on any atom is 0.271 e. The number of hydrogen-bond donors (Lipinski definition) is 3. The first kappa shape index (κ1) is 16.0. The zero-order chi connectivity index (χ0) is 14.5. The third kappa shape index (κ3) is 5.65. The molecule has 0 fully saturated rings. The molecule has 1 aromatic rings. The van der Waals surface area contributed by atoms with E-state index in [0.29, 0.717) is 17.4 Å². The second-order valence-electron chi connectivity index (χ2n) is 5.49. The average Bonchev–Trinajstić information content (AvgIpc) is 2.73. The summed E-state index contributed by atoms with van der Waals surface area (Å²) in [5, 5.41) is 19.5. The normalized spacial score (nSPS) is 14.4. The Morgan fingerprint density at radius 2 is 2.32 bits per heavy atom. The summed E-state index contributed by atoms with van der Waals surface area (Å²) in [6, 6.07) is 1.76. The molecule has 0 aliphatic rings. The molecule has 3 N–H and O–H groups in total. The molecule has 0 aliphatic heterocycles. The first-order valence-corrected chi connectivity index (χ1v) is 7.77. The largest absolute Gasteiger partial charge is 0.387 e.